The highest BCUT2D eigenvalue weighted by Gasteiger charge is 2.14. The van der Waals surface area contributed by atoms with Gasteiger partial charge in [-0.3, -0.25) is 0 Å². The van der Waals surface area contributed by atoms with E-state index in [4.69, 9.17) is 20.3 Å². The molecule has 0 amide bonds. The molecule has 4 heteroatoms. The van der Waals surface area contributed by atoms with Gasteiger partial charge in [0, 0.05) is 0 Å². The normalized spacial score (nSPS) is 10.6. The second-order valence-corrected chi connectivity index (χ2v) is 5.94. The summed E-state index contributed by atoms with van der Waals surface area (Å²) in [5.41, 5.74) is 2.26. The molecule has 0 unspecified atom stereocenters. The summed E-state index contributed by atoms with van der Waals surface area (Å²) in [6.45, 7) is 4.18. The molecule has 20 heavy (non-hydrogen) atoms. The lowest BCUT2D eigenvalue weighted by molar-refractivity contribution is 0.501. The molecule has 0 aliphatic rings. The van der Waals surface area contributed by atoms with Gasteiger partial charge in [0.1, 0.15) is 11.5 Å². The Morgan fingerprint density at radius 1 is 0.800 bits per heavy atom. The fourth-order valence-electron chi connectivity index (χ4n) is 1.94. The Morgan fingerprint density at radius 3 is 1.60 bits per heavy atom. The minimum absolute atomic E-state index is 0.796. The lowest BCUT2D eigenvalue weighted by Crippen LogP contribution is -1.95. The maximum Gasteiger partial charge on any atom is 0.401 e. The summed E-state index contributed by atoms with van der Waals surface area (Å²) in [7, 11) is -1.50. The van der Waals surface area contributed by atoms with Gasteiger partial charge in [0.25, 0.3) is 0 Å². The minimum Gasteiger partial charge on any atom is -0.427 e. The third kappa shape index (κ3) is 3.88. The zero-order valence-electron chi connectivity index (χ0n) is 11.7. The first-order valence-corrected chi connectivity index (χ1v) is 8.80. The molecule has 0 saturated heterocycles. The molecule has 2 aromatic rings. The highest BCUT2D eigenvalue weighted by Crippen LogP contribution is 2.46. The molecule has 0 bridgehead atoms. The Bertz CT molecular complexity index is 510. The van der Waals surface area contributed by atoms with Crippen LogP contribution in [0, 0.1) is 0 Å². The summed E-state index contributed by atoms with van der Waals surface area (Å²) < 4.78 is 11.5. The lowest BCUT2D eigenvalue weighted by Gasteiger charge is -2.16. The van der Waals surface area contributed by atoms with Gasteiger partial charge in [-0.1, -0.05) is 50.2 Å². The number of rotatable bonds is 6. The van der Waals surface area contributed by atoms with Crippen molar-refractivity contribution in [2.75, 3.05) is 0 Å². The van der Waals surface area contributed by atoms with E-state index in [-0.39, 0.29) is 0 Å². The molecule has 106 valence electrons. The molecular weight excluding hydrogens is 291 g/mol. The second-order valence-electron chi connectivity index (χ2n) is 4.32. The third-order valence-electron chi connectivity index (χ3n) is 3.05. The molecule has 2 nitrogen and oxygen atoms in total. The van der Waals surface area contributed by atoms with E-state index in [1.807, 2.05) is 48.5 Å². The van der Waals surface area contributed by atoms with Crippen LogP contribution in [0.25, 0.3) is 0 Å². The predicted octanol–water partition coefficient (Wildman–Crippen LogP) is 5.73. The van der Waals surface area contributed by atoms with Crippen molar-refractivity contribution in [1.82, 2.24) is 0 Å². The van der Waals surface area contributed by atoms with Crippen molar-refractivity contribution in [2.24, 2.45) is 0 Å². The van der Waals surface area contributed by atoms with Crippen LogP contribution in [0.15, 0.2) is 48.5 Å². The van der Waals surface area contributed by atoms with Crippen LogP contribution in [0.3, 0.4) is 0 Å². The van der Waals surface area contributed by atoms with Gasteiger partial charge in [-0.2, -0.15) is 0 Å². The Kier molecular flexibility index (Phi) is 5.70. The van der Waals surface area contributed by atoms with E-state index in [1.165, 1.54) is 0 Å². The van der Waals surface area contributed by atoms with Crippen molar-refractivity contribution in [3.63, 3.8) is 0 Å². The van der Waals surface area contributed by atoms with Gasteiger partial charge in [0.2, 0.25) is 0 Å². The van der Waals surface area contributed by atoms with Gasteiger partial charge in [0.15, 0.2) is 0 Å². The molecule has 0 N–H and O–H groups in total. The molecule has 0 fully saturated rings. The molecule has 0 aromatic heterocycles. The number of benzene rings is 2. The van der Waals surface area contributed by atoms with E-state index in [2.05, 4.69) is 13.8 Å². The topological polar surface area (TPSA) is 18.5 Å². The smallest absolute Gasteiger partial charge is 0.401 e. The second kappa shape index (κ2) is 7.52. The standard InChI is InChI=1S/C16H18ClO2P/c1-3-13-9-5-7-11-15(13)18-20(17)19-16-12-8-6-10-14(16)4-2/h5-12H,3-4H2,1-2H3. The Morgan fingerprint density at radius 2 is 1.20 bits per heavy atom. The highest BCUT2D eigenvalue weighted by molar-refractivity contribution is 7.76. The zero-order valence-corrected chi connectivity index (χ0v) is 13.3. The molecule has 0 aliphatic heterocycles. The van der Waals surface area contributed by atoms with Gasteiger partial charge in [0.05, 0.1) is 0 Å². The fraction of sp³-hybridized carbons (Fsp3) is 0.250. The van der Waals surface area contributed by atoms with Crippen LogP contribution in [0.5, 0.6) is 11.5 Å². The van der Waals surface area contributed by atoms with Crippen LogP contribution in [-0.4, -0.2) is 0 Å². The minimum atomic E-state index is -1.50. The third-order valence-corrected chi connectivity index (χ3v) is 4.14. The first-order chi connectivity index (χ1) is 9.74. The van der Waals surface area contributed by atoms with Crippen LogP contribution < -0.4 is 9.05 Å². The van der Waals surface area contributed by atoms with Gasteiger partial charge in [-0.25, -0.2) is 0 Å². The lowest BCUT2D eigenvalue weighted by atomic mass is 10.1. The number of halogens is 1. The van der Waals surface area contributed by atoms with Crippen LogP contribution in [-0.2, 0) is 12.8 Å². The van der Waals surface area contributed by atoms with Crippen molar-refractivity contribution in [2.45, 2.75) is 26.7 Å². The Hall–Kier alpha value is -1.24. The summed E-state index contributed by atoms with van der Waals surface area (Å²) in [5.74, 6) is 1.59. The van der Waals surface area contributed by atoms with Crippen molar-refractivity contribution in [3.8, 4) is 11.5 Å². The quantitative estimate of drug-likeness (QED) is 0.634. The van der Waals surface area contributed by atoms with E-state index in [0.717, 1.165) is 35.5 Å². The van der Waals surface area contributed by atoms with Gasteiger partial charge in [-0.15, -0.1) is 0 Å². The van der Waals surface area contributed by atoms with E-state index >= 15 is 0 Å². The van der Waals surface area contributed by atoms with E-state index in [1.54, 1.807) is 0 Å². The van der Waals surface area contributed by atoms with E-state index in [9.17, 15) is 0 Å². The van der Waals surface area contributed by atoms with Crippen molar-refractivity contribution < 1.29 is 9.05 Å². The molecule has 0 saturated carbocycles. The molecule has 2 aromatic carbocycles. The monoisotopic (exact) mass is 308 g/mol. The summed E-state index contributed by atoms with van der Waals surface area (Å²) in [4.78, 5) is 0. The Labute approximate surface area is 126 Å². The zero-order chi connectivity index (χ0) is 14.4. The number of para-hydroxylation sites is 2. The van der Waals surface area contributed by atoms with Crippen LogP contribution in [0.1, 0.15) is 25.0 Å². The average molecular weight is 309 g/mol. The number of hydrogen-bond donors (Lipinski definition) is 0. The number of hydrogen-bond acceptors (Lipinski definition) is 2. The summed E-state index contributed by atoms with van der Waals surface area (Å²) >= 11 is 6.23. The summed E-state index contributed by atoms with van der Waals surface area (Å²) in [5, 5.41) is 0. The van der Waals surface area contributed by atoms with Crippen molar-refractivity contribution in [1.29, 1.82) is 0 Å². The Balaban J connectivity index is 2.07. The number of aryl methyl sites for hydroxylation is 2. The van der Waals surface area contributed by atoms with Crippen molar-refractivity contribution in [3.05, 3.63) is 59.7 Å². The SMILES string of the molecule is CCc1ccccc1OP(Cl)Oc1ccccc1CC. The van der Waals surface area contributed by atoms with Crippen LogP contribution in [0.2, 0.25) is 0 Å². The maximum absolute atomic E-state index is 6.23. The first-order valence-electron chi connectivity index (χ1n) is 6.72. The van der Waals surface area contributed by atoms with Crippen molar-refractivity contribution >= 4 is 19.0 Å². The summed E-state index contributed by atoms with van der Waals surface area (Å²) in [6, 6.07) is 15.8. The van der Waals surface area contributed by atoms with E-state index in [0.29, 0.717) is 0 Å². The molecule has 0 atom stereocenters. The highest BCUT2D eigenvalue weighted by atomic mass is 35.7. The van der Waals surface area contributed by atoms with Gasteiger partial charge < -0.3 is 9.05 Å². The predicted molar refractivity (Wildman–Crippen MR) is 85.7 cm³/mol. The van der Waals surface area contributed by atoms with Crippen LogP contribution >= 0.6 is 19.0 Å². The first kappa shape index (κ1) is 15.2. The molecule has 0 radical (unpaired) electrons. The average Bonchev–Trinajstić information content (AvgIpc) is 2.48. The molecule has 0 heterocycles. The molecular formula is C16H18ClO2P. The summed E-state index contributed by atoms with van der Waals surface area (Å²) in [6.07, 6.45) is 1.81. The largest absolute Gasteiger partial charge is 0.427 e. The molecule has 0 spiro atoms. The molecule has 0 aliphatic carbocycles. The fourth-order valence-corrected chi connectivity index (χ4v) is 3.09. The van der Waals surface area contributed by atoms with E-state index < -0.39 is 7.73 Å². The van der Waals surface area contributed by atoms with Gasteiger partial charge >= 0.3 is 7.73 Å². The van der Waals surface area contributed by atoms with Crippen LogP contribution in [0.4, 0.5) is 0 Å². The maximum atomic E-state index is 6.23. The van der Waals surface area contributed by atoms with Gasteiger partial charge in [-0.05, 0) is 47.3 Å². The molecule has 2 rings (SSSR count).